The van der Waals surface area contributed by atoms with Crippen LogP contribution in [0.25, 0.3) is 11.0 Å². The average molecular weight is 436 g/mol. The van der Waals surface area contributed by atoms with Gasteiger partial charge in [0, 0.05) is 45.3 Å². The number of fused-ring (bicyclic) bond motifs is 1. The molecule has 0 atom stereocenters. The van der Waals surface area contributed by atoms with E-state index in [2.05, 4.69) is 36.0 Å². The zero-order valence-corrected chi connectivity index (χ0v) is 18.5. The van der Waals surface area contributed by atoms with Crippen molar-refractivity contribution >= 4 is 34.4 Å². The molecule has 168 valence electrons. The van der Waals surface area contributed by atoms with Crippen LogP contribution in [0.1, 0.15) is 25.3 Å². The Bertz CT molecular complexity index is 1090. The van der Waals surface area contributed by atoms with Crippen LogP contribution >= 0.6 is 0 Å². The second-order valence-electron chi connectivity index (χ2n) is 7.59. The van der Waals surface area contributed by atoms with Crippen LogP contribution in [0.2, 0.25) is 0 Å². The highest BCUT2D eigenvalue weighted by molar-refractivity contribution is 5.95. The van der Waals surface area contributed by atoms with E-state index in [9.17, 15) is 4.79 Å². The van der Waals surface area contributed by atoms with E-state index in [1.54, 1.807) is 10.9 Å². The first-order valence-electron chi connectivity index (χ1n) is 10.9. The van der Waals surface area contributed by atoms with Crippen LogP contribution in [0.15, 0.2) is 41.8 Å². The van der Waals surface area contributed by atoms with Gasteiger partial charge in [-0.25, -0.2) is 15.0 Å². The summed E-state index contributed by atoms with van der Waals surface area (Å²) in [6.45, 7) is 5.52. The van der Waals surface area contributed by atoms with Crippen LogP contribution in [-0.2, 0) is 18.4 Å². The highest BCUT2D eigenvalue weighted by atomic mass is 16.2. The van der Waals surface area contributed by atoms with Gasteiger partial charge in [0.05, 0.1) is 18.1 Å². The number of amides is 1. The second kappa shape index (κ2) is 10.1. The Kier molecular flexibility index (Phi) is 6.78. The Morgan fingerprint density at radius 1 is 1.16 bits per heavy atom. The van der Waals surface area contributed by atoms with Crippen molar-refractivity contribution in [3.63, 3.8) is 0 Å². The Morgan fingerprint density at radius 2 is 2.00 bits per heavy atom. The van der Waals surface area contributed by atoms with Crippen LogP contribution in [0.4, 0.5) is 11.5 Å². The minimum Gasteiger partial charge on any atom is -0.368 e. The molecule has 0 bridgehead atoms. The van der Waals surface area contributed by atoms with E-state index in [1.165, 1.54) is 6.33 Å². The lowest BCUT2D eigenvalue weighted by Gasteiger charge is -2.16. The van der Waals surface area contributed by atoms with Gasteiger partial charge < -0.3 is 20.9 Å². The van der Waals surface area contributed by atoms with Crippen molar-refractivity contribution in [1.29, 1.82) is 0 Å². The van der Waals surface area contributed by atoms with E-state index in [0.29, 0.717) is 26.1 Å². The number of benzene rings is 1. The molecule has 10 nitrogen and oxygen atoms in total. The molecule has 1 aliphatic heterocycles. The third kappa shape index (κ3) is 4.96. The second-order valence-corrected chi connectivity index (χ2v) is 7.59. The molecule has 0 aliphatic carbocycles. The van der Waals surface area contributed by atoms with Crippen LogP contribution in [0.5, 0.6) is 0 Å². The molecule has 0 spiro atoms. The molecule has 3 aromatic rings. The minimum atomic E-state index is 0.203. The molecule has 0 unspecified atom stereocenters. The predicted molar refractivity (Wildman–Crippen MR) is 126 cm³/mol. The topological polar surface area (TPSA) is 112 Å². The van der Waals surface area contributed by atoms with Gasteiger partial charge in [-0.3, -0.25) is 9.48 Å². The SMILES string of the molecule is CCNC(=NCc1ccc(N2CCCC2=O)cc1)NCCNc1ncnc2c1cnn2C. The number of aromatic nitrogens is 4. The molecule has 3 N–H and O–H groups in total. The van der Waals surface area contributed by atoms with E-state index < -0.39 is 0 Å². The normalized spacial score (nSPS) is 14.2. The van der Waals surface area contributed by atoms with Crippen LogP contribution < -0.4 is 20.9 Å². The molecule has 1 aromatic carbocycles. The fourth-order valence-corrected chi connectivity index (χ4v) is 3.68. The number of carbonyl (C=O) groups excluding carboxylic acids is 1. The van der Waals surface area contributed by atoms with Crippen molar-refractivity contribution in [2.75, 3.05) is 36.4 Å². The number of hydrogen-bond donors (Lipinski definition) is 3. The lowest BCUT2D eigenvalue weighted by atomic mass is 10.2. The molecule has 0 saturated carbocycles. The van der Waals surface area contributed by atoms with E-state index in [-0.39, 0.29) is 5.91 Å². The highest BCUT2D eigenvalue weighted by Crippen LogP contribution is 2.21. The predicted octanol–water partition coefficient (Wildman–Crippen LogP) is 1.66. The summed E-state index contributed by atoms with van der Waals surface area (Å²) in [5.74, 6) is 1.72. The molecule has 32 heavy (non-hydrogen) atoms. The Labute approximate surface area is 187 Å². The van der Waals surface area contributed by atoms with E-state index in [4.69, 9.17) is 0 Å². The maximum Gasteiger partial charge on any atom is 0.227 e. The maximum absolute atomic E-state index is 11.9. The zero-order chi connectivity index (χ0) is 22.3. The summed E-state index contributed by atoms with van der Waals surface area (Å²) in [6.07, 6.45) is 4.88. The van der Waals surface area contributed by atoms with Gasteiger partial charge in [-0.05, 0) is 31.0 Å². The number of nitrogens with one attached hydrogen (secondary N) is 3. The molecule has 10 heteroatoms. The smallest absolute Gasteiger partial charge is 0.227 e. The average Bonchev–Trinajstić information content (AvgIpc) is 3.41. The third-order valence-corrected chi connectivity index (χ3v) is 5.32. The van der Waals surface area contributed by atoms with Gasteiger partial charge in [0.1, 0.15) is 12.1 Å². The van der Waals surface area contributed by atoms with Crippen molar-refractivity contribution < 1.29 is 4.79 Å². The lowest BCUT2D eigenvalue weighted by molar-refractivity contribution is -0.117. The molecule has 4 rings (SSSR count). The molecule has 1 fully saturated rings. The summed E-state index contributed by atoms with van der Waals surface area (Å²) in [7, 11) is 1.86. The van der Waals surface area contributed by atoms with Gasteiger partial charge in [0.25, 0.3) is 0 Å². The largest absolute Gasteiger partial charge is 0.368 e. The molecule has 0 radical (unpaired) electrons. The number of guanidine groups is 1. The van der Waals surface area contributed by atoms with E-state index in [0.717, 1.165) is 53.6 Å². The summed E-state index contributed by atoms with van der Waals surface area (Å²) in [5, 5.41) is 15.1. The van der Waals surface area contributed by atoms with Gasteiger partial charge in [0.2, 0.25) is 5.91 Å². The monoisotopic (exact) mass is 435 g/mol. The molecule has 2 aromatic heterocycles. The van der Waals surface area contributed by atoms with Crippen molar-refractivity contribution in [2.45, 2.75) is 26.3 Å². The number of aliphatic imine (C=N–C) groups is 1. The molecule has 1 amide bonds. The number of carbonyl (C=O) groups is 1. The molecule has 3 heterocycles. The summed E-state index contributed by atoms with van der Waals surface area (Å²) >= 11 is 0. The number of hydrogen-bond acceptors (Lipinski definition) is 6. The Balaban J connectivity index is 1.29. The number of nitrogens with zero attached hydrogens (tertiary/aromatic N) is 6. The number of aryl methyl sites for hydroxylation is 1. The van der Waals surface area contributed by atoms with E-state index in [1.807, 2.05) is 43.1 Å². The fraction of sp³-hybridized carbons (Fsp3) is 0.409. The van der Waals surface area contributed by atoms with Crippen molar-refractivity contribution in [1.82, 2.24) is 30.4 Å². The highest BCUT2D eigenvalue weighted by Gasteiger charge is 2.21. The first kappa shape index (κ1) is 21.5. The Morgan fingerprint density at radius 3 is 2.75 bits per heavy atom. The van der Waals surface area contributed by atoms with Crippen LogP contribution in [0, 0.1) is 0 Å². The van der Waals surface area contributed by atoms with Crippen LogP contribution in [0.3, 0.4) is 0 Å². The van der Waals surface area contributed by atoms with Crippen molar-refractivity contribution in [3.8, 4) is 0 Å². The maximum atomic E-state index is 11.9. The summed E-state index contributed by atoms with van der Waals surface area (Å²) < 4.78 is 1.73. The zero-order valence-electron chi connectivity index (χ0n) is 18.5. The number of rotatable bonds is 8. The van der Waals surface area contributed by atoms with Gasteiger partial charge in [0.15, 0.2) is 11.6 Å². The molecule has 1 aliphatic rings. The quantitative estimate of drug-likeness (QED) is 0.280. The molecule has 1 saturated heterocycles. The molecular weight excluding hydrogens is 406 g/mol. The first-order valence-corrected chi connectivity index (χ1v) is 10.9. The number of anilines is 2. The lowest BCUT2D eigenvalue weighted by Crippen LogP contribution is -2.39. The molecular formula is C22H29N9O. The first-order chi connectivity index (χ1) is 15.7. The third-order valence-electron chi connectivity index (χ3n) is 5.32. The van der Waals surface area contributed by atoms with Gasteiger partial charge in [-0.2, -0.15) is 5.10 Å². The Hall–Kier alpha value is -3.69. The van der Waals surface area contributed by atoms with Gasteiger partial charge in [-0.1, -0.05) is 12.1 Å². The fourth-order valence-electron chi connectivity index (χ4n) is 3.68. The van der Waals surface area contributed by atoms with Crippen LogP contribution in [-0.4, -0.2) is 57.8 Å². The van der Waals surface area contributed by atoms with Gasteiger partial charge >= 0.3 is 0 Å². The summed E-state index contributed by atoms with van der Waals surface area (Å²) in [4.78, 5) is 27.0. The van der Waals surface area contributed by atoms with Gasteiger partial charge in [-0.15, -0.1) is 0 Å². The van der Waals surface area contributed by atoms with Crippen molar-refractivity contribution in [3.05, 3.63) is 42.4 Å². The minimum absolute atomic E-state index is 0.203. The standard InChI is InChI=1S/C22H29N9O/c1-3-23-22(25-11-10-24-20-18-14-29-30(2)21(18)28-15-27-20)26-13-16-6-8-17(9-7-16)31-12-4-5-19(31)32/h6-9,14-15H,3-5,10-13H2,1-2H3,(H2,23,25,26)(H,24,27,28). The summed E-state index contributed by atoms with van der Waals surface area (Å²) in [6, 6.07) is 8.06. The van der Waals surface area contributed by atoms with Crippen molar-refractivity contribution in [2.24, 2.45) is 12.0 Å². The van der Waals surface area contributed by atoms with E-state index >= 15 is 0 Å². The summed E-state index contributed by atoms with van der Waals surface area (Å²) in [5.41, 5.74) is 2.85.